The molecule has 4 atom stereocenters. The van der Waals surface area contributed by atoms with Crippen LogP contribution in [0.2, 0.25) is 0 Å². The number of carbonyl (C=O) groups is 1. The number of hydrogen-bond acceptors (Lipinski definition) is 2. The number of allylic oxidation sites excluding steroid dienone is 3. The van der Waals surface area contributed by atoms with Crippen LogP contribution < -0.4 is 0 Å². The molecule has 0 spiro atoms. The van der Waals surface area contributed by atoms with Gasteiger partial charge < -0.3 is 4.74 Å². The highest BCUT2D eigenvalue weighted by Gasteiger charge is 2.52. The fraction of sp³-hybridized carbons (Fsp3) is 0.800. The summed E-state index contributed by atoms with van der Waals surface area (Å²) < 4.78 is 5.21. The average Bonchev–Trinajstić information content (AvgIpc) is 2.52. The topological polar surface area (TPSA) is 26.3 Å². The van der Waals surface area contributed by atoms with Gasteiger partial charge in [0.2, 0.25) is 0 Å². The van der Waals surface area contributed by atoms with E-state index in [-0.39, 0.29) is 12.1 Å². The smallest absolute Gasteiger partial charge is 0.302 e. The molecule has 154 valence electrons. The molecular weight excluding hydrogens is 332 g/mol. The first-order valence-corrected chi connectivity index (χ1v) is 11.1. The summed E-state index contributed by atoms with van der Waals surface area (Å²) in [5, 5.41) is 0. The average molecular weight is 375 g/mol. The second-order valence-electron chi connectivity index (χ2n) is 10.2. The Bertz CT molecular complexity index is 571. The molecule has 0 bridgehead atoms. The van der Waals surface area contributed by atoms with E-state index < -0.39 is 0 Å². The third-order valence-electron chi connectivity index (χ3n) is 7.58. The lowest BCUT2D eigenvalue weighted by Gasteiger charge is -2.58. The molecule has 2 heteroatoms. The van der Waals surface area contributed by atoms with Crippen molar-refractivity contribution in [2.75, 3.05) is 0 Å². The number of ether oxygens (including phenoxy) is 1. The Morgan fingerprint density at radius 2 is 2.00 bits per heavy atom. The molecule has 0 saturated heterocycles. The predicted octanol–water partition coefficient (Wildman–Crippen LogP) is 7.24. The number of fused-ring (bicyclic) bond motifs is 1. The Kier molecular flexibility index (Phi) is 7.39. The zero-order chi connectivity index (χ0) is 20.2. The van der Waals surface area contributed by atoms with E-state index in [1.165, 1.54) is 56.6 Å². The molecule has 2 aliphatic rings. The van der Waals surface area contributed by atoms with Gasteiger partial charge in [0.1, 0.15) is 0 Å². The largest absolute Gasteiger partial charge is 0.463 e. The van der Waals surface area contributed by atoms with Gasteiger partial charge in [-0.3, -0.25) is 4.79 Å². The lowest BCUT2D eigenvalue weighted by atomic mass is 9.47. The zero-order valence-corrected chi connectivity index (χ0v) is 18.7. The van der Waals surface area contributed by atoms with Gasteiger partial charge in [-0.25, -0.2) is 0 Å². The lowest BCUT2D eigenvalue weighted by Crippen LogP contribution is -2.49. The van der Waals surface area contributed by atoms with Crippen molar-refractivity contribution in [2.24, 2.45) is 22.7 Å². The maximum absolute atomic E-state index is 11.0. The number of rotatable bonds is 7. The van der Waals surface area contributed by atoms with Crippen molar-refractivity contribution in [1.82, 2.24) is 0 Å². The summed E-state index contributed by atoms with van der Waals surface area (Å²) >= 11 is 0. The first-order chi connectivity index (χ1) is 12.6. The Balaban J connectivity index is 1.93. The molecular formula is C25H42O2. The molecule has 0 aromatic rings. The van der Waals surface area contributed by atoms with Crippen molar-refractivity contribution >= 4 is 5.97 Å². The molecule has 0 heterocycles. The molecule has 0 radical (unpaired) electrons. The fourth-order valence-corrected chi connectivity index (χ4v) is 6.19. The molecule has 2 saturated carbocycles. The molecule has 2 fully saturated rings. The normalized spacial score (nSPS) is 31.9. The minimum atomic E-state index is -0.183. The summed E-state index contributed by atoms with van der Waals surface area (Å²) in [5.74, 6) is 1.32. The van der Waals surface area contributed by atoms with Gasteiger partial charge in [-0.15, -0.1) is 0 Å². The SMILES string of the molecule is C=C1CC[C@@H]2C(C)(C)CCC[C@@]2(C)[C@@H]1CC/C(C)=C/CC[C@H](C)OC(C)=O. The third-order valence-corrected chi connectivity index (χ3v) is 7.58. The standard InChI is InChI=1S/C25H42O2/c1-18(10-8-11-20(3)27-21(4)26)12-14-22-19(2)13-15-23-24(5,6)16-9-17-25(22,23)7/h10,20,22-23H,2,8-9,11-17H2,1,3-7H3/b18-10+/t20-,22+,23+,25-/m0/s1. The van der Waals surface area contributed by atoms with Gasteiger partial charge in [-0.1, -0.05) is 51.0 Å². The van der Waals surface area contributed by atoms with Gasteiger partial charge in [0, 0.05) is 6.92 Å². The van der Waals surface area contributed by atoms with Crippen molar-refractivity contribution in [3.05, 3.63) is 23.8 Å². The van der Waals surface area contributed by atoms with Crippen molar-refractivity contribution < 1.29 is 9.53 Å². The number of esters is 1. The van der Waals surface area contributed by atoms with Crippen molar-refractivity contribution in [3.8, 4) is 0 Å². The van der Waals surface area contributed by atoms with Gasteiger partial charge in [-0.05, 0) is 87.9 Å². The van der Waals surface area contributed by atoms with Crippen LogP contribution in [-0.2, 0) is 9.53 Å². The second-order valence-corrected chi connectivity index (χ2v) is 10.2. The highest BCUT2D eigenvalue weighted by Crippen LogP contribution is 2.61. The first kappa shape index (κ1) is 22.2. The minimum Gasteiger partial charge on any atom is -0.463 e. The van der Waals surface area contributed by atoms with Crippen LogP contribution >= 0.6 is 0 Å². The maximum atomic E-state index is 11.0. The van der Waals surface area contributed by atoms with Crippen LogP contribution in [0.3, 0.4) is 0 Å². The summed E-state index contributed by atoms with van der Waals surface area (Å²) in [5.41, 5.74) is 3.88. The van der Waals surface area contributed by atoms with Crippen LogP contribution in [-0.4, -0.2) is 12.1 Å². The summed E-state index contributed by atoms with van der Waals surface area (Å²) in [7, 11) is 0. The van der Waals surface area contributed by atoms with Crippen molar-refractivity contribution in [3.63, 3.8) is 0 Å². The van der Waals surface area contributed by atoms with Crippen molar-refractivity contribution in [2.45, 2.75) is 105 Å². The Labute approximate surface area is 167 Å². The van der Waals surface area contributed by atoms with E-state index in [2.05, 4.69) is 40.3 Å². The first-order valence-electron chi connectivity index (χ1n) is 11.1. The lowest BCUT2D eigenvalue weighted by molar-refractivity contribution is -0.145. The Morgan fingerprint density at radius 1 is 1.30 bits per heavy atom. The fourth-order valence-electron chi connectivity index (χ4n) is 6.19. The van der Waals surface area contributed by atoms with Crippen molar-refractivity contribution in [1.29, 1.82) is 0 Å². The maximum Gasteiger partial charge on any atom is 0.302 e. The van der Waals surface area contributed by atoms with Crippen LogP contribution in [0, 0.1) is 22.7 Å². The summed E-state index contributed by atoms with van der Waals surface area (Å²) in [4.78, 5) is 11.0. The van der Waals surface area contributed by atoms with Crippen LogP contribution in [0.1, 0.15) is 99.3 Å². The van der Waals surface area contributed by atoms with Gasteiger partial charge in [-0.2, -0.15) is 0 Å². The van der Waals surface area contributed by atoms with E-state index in [9.17, 15) is 4.79 Å². The molecule has 0 aliphatic heterocycles. The zero-order valence-electron chi connectivity index (χ0n) is 18.7. The predicted molar refractivity (Wildman–Crippen MR) is 115 cm³/mol. The molecule has 0 N–H and O–H groups in total. The van der Waals surface area contributed by atoms with Gasteiger partial charge >= 0.3 is 5.97 Å². The van der Waals surface area contributed by atoms with E-state index in [1.54, 1.807) is 0 Å². The molecule has 2 rings (SSSR count). The van der Waals surface area contributed by atoms with E-state index in [0.29, 0.717) is 16.7 Å². The highest BCUT2D eigenvalue weighted by atomic mass is 16.5. The van der Waals surface area contributed by atoms with Gasteiger partial charge in [0.05, 0.1) is 6.10 Å². The molecule has 0 aromatic heterocycles. The Morgan fingerprint density at radius 3 is 2.67 bits per heavy atom. The summed E-state index contributed by atoms with van der Waals surface area (Å²) in [6.07, 6.45) is 13.3. The molecule has 0 unspecified atom stereocenters. The molecule has 2 aliphatic carbocycles. The summed E-state index contributed by atoms with van der Waals surface area (Å²) in [6.45, 7) is 17.8. The summed E-state index contributed by atoms with van der Waals surface area (Å²) in [6, 6.07) is 0. The van der Waals surface area contributed by atoms with E-state index in [1.807, 2.05) is 6.92 Å². The van der Waals surface area contributed by atoms with E-state index >= 15 is 0 Å². The Hall–Kier alpha value is -1.05. The number of hydrogen-bond donors (Lipinski definition) is 0. The van der Waals surface area contributed by atoms with Crippen LogP contribution in [0.25, 0.3) is 0 Å². The van der Waals surface area contributed by atoms with Crippen LogP contribution in [0.15, 0.2) is 23.8 Å². The highest BCUT2D eigenvalue weighted by molar-refractivity contribution is 5.66. The van der Waals surface area contributed by atoms with E-state index in [0.717, 1.165) is 25.2 Å². The van der Waals surface area contributed by atoms with Gasteiger partial charge in [0.15, 0.2) is 0 Å². The van der Waals surface area contributed by atoms with Crippen LogP contribution in [0.4, 0.5) is 0 Å². The molecule has 0 aromatic carbocycles. The second kappa shape index (κ2) is 8.97. The molecule has 2 nitrogen and oxygen atoms in total. The molecule has 27 heavy (non-hydrogen) atoms. The number of carbonyl (C=O) groups excluding carboxylic acids is 1. The third kappa shape index (κ3) is 5.48. The minimum absolute atomic E-state index is 0.00816. The van der Waals surface area contributed by atoms with Crippen LogP contribution in [0.5, 0.6) is 0 Å². The van der Waals surface area contributed by atoms with Gasteiger partial charge in [0.25, 0.3) is 0 Å². The monoisotopic (exact) mass is 374 g/mol. The quantitative estimate of drug-likeness (QED) is 0.346. The van der Waals surface area contributed by atoms with E-state index in [4.69, 9.17) is 4.74 Å². The molecule has 0 amide bonds.